The molecule has 30 heavy (non-hydrogen) atoms. The molecule has 0 fully saturated rings. The summed E-state index contributed by atoms with van der Waals surface area (Å²) in [7, 11) is 0. The number of carboxylic acids is 1. The summed E-state index contributed by atoms with van der Waals surface area (Å²) in [5.74, 6) is -1.70. The van der Waals surface area contributed by atoms with Gasteiger partial charge in [0.25, 0.3) is 5.91 Å². The molecule has 0 bridgehead atoms. The average Bonchev–Trinajstić information content (AvgIpc) is 2.71. The van der Waals surface area contributed by atoms with Gasteiger partial charge in [0, 0.05) is 28.3 Å². The molecule has 0 unspecified atom stereocenters. The molecule has 0 atom stereocenters. The number of anilines is 3. The molecule has 0 aliphatic carbocycles. The lowest BCUT2D eigenvalue weighted by Gasteiger charge is -2.27. The van der Waals surface area contributed by atoms with E-state index in [4.69, 9.17) is 5.11 Å². The highest BCUT2D eigenvalue weighted by Crippen LogP contribution is 2.32. The van der Waals surface area contributed by atoms with Crippen molar-refractivity contribution in [1.82, 2.24) is 0 Å². The summed E-state index contributed by atoms with van der Waals surface area (Å²) < 4.78 is 13.4. The molecular formula is C24H21FN2O3. The Kier molecular flexibility index (Phi) is 5.97. The molecular weight excluding hydrogens is 383 g/mol. The van der Waals surface area contributed by atoms with E-state index in [9.17, 15) is 14.0 Å². The molecule has 0 heterocycles. The summed E-state index contributed by atoms with van der Waals surface area (Å²) in [6.07, 6.45) is 0. The van der Waals surface area contributed by atoms with Crippen LogP contribution in [0.4, 0.5) is 21.5 Å². The monoisotopic (exact) mass is 404 g/mol. The number of hydrogen-bond acceptors (Lipinski definition) is 3. The first-order valence-electron chi connectivity index (χ1n) is 9.23. The molecule has 6 heteroatoms. The van der Waals surface area contributed by atoms with Crippen molar-refractivity contribution in [2.24, 2.45) is 0 Å². The smallest absolute Gasteiger partial charge is 0.335 e. The van der Waals surface area contributed by atoms with Crippen molar-refractivity contribution < 1.29 is 19.1 Å². The minimum absolute atomic E-state index is 0.141. The molecule has 0 aliphatic rings. The Balaban J connectivity index is 1.91. The quantitative estimate of drug-likeness (QED) is 0.548. The number of carbonyl (C=O) groups is 2. The van der Waals surface area contributed by atoms with Crippen molar-refractivity contribution in [3.63, 3.8) is 0 Å². The Hall–Kier alpha value is -3.93. The highest BCUT2D eigenvalue weighted by molar-refractivity contribution is 6.05. The van der Waals surface area contributed by atoms with Gasteiger partial charge in [-0.15, -0.1) is 0 Å². The summed E-state index contributed by atoms with van der Waals surface area (Å²) in [5.41, 5.74) is 4.17. The Morgan fingerprint density at radius 3 is 2.13 bits per heavy atom. The second-order valence-corrected chi connectivity index (χ2v) is 6.88. The number of amides is 1. The van der Waals surface area contributed by atoms with Crippen LogP contribution in [0.3, 0.4) is 0 Å². The molecule has 0 saturated heterocycles. The minimum atomic E-state index is -1.03. The predicted octanol–water partition coefficient (Wildman–Crippen LogP) is 5.76. The van der Waals surface area contributed by atoms with E-state index in [0.29, 0.717) is 16.9 Å². The molecule has 1 amide bonds. The molecule has 3 rings (SSSR count). The van der Waals surface area contributed by atoms with Gasteiger partial charge >= 0.3 is 5.97 Å². The van der Waals surface area contributed by atoms with Crippen LogP contribution in [0.15, 0.2) is 79.0 Å². The highest BCUT2D eigenvalue weighted by atomic mass is 19.1. The molecule has 0 aromatic heterocycles. The van der Waals surface area contributed by atoms with Crippen LogP contribution in [-0.2, 0) is 0 Å². The zero-order valence-electron chi connectivity index (χ0n) is 16.6. The first kappa shape index (κ1) is 20.8. The fraction of sp³-hybridized carbons (Fsp3) is 0.0833. The lowest BCUT2D eigenvalue weighted by Crippen LogP contribution is -2.17. The van der Waals surface area contributed by atoms with Crippen LogP contribution in [0, 0.1) is 12.7 Å². The maximum absolute atomic E-state index is 13.4. The summed E-state index contributed by atoms with van der Waals surface area (Å²) in [5, 5.41) is 11.7. The number of carbonyl (C=O) groups excluding carboxylic acids is 1. The number of nitrogens with one attached hydrogen (secondary N) is 1. The number of carboxylic acid groups (broad SMARTS) is 1. The van der Waals surface area contributed by atoms with Gasteiger partial charge in [0.05, 0.1) is 5.56 Å². The minimum Gasteiger partial charge on any atom is -0.478 e. The number of halogens is 1. The second-order valence-electron chi connectivity index (χ2n) is 6.88. The third kappa shape index (κ3) is 4.55. The number of aromatic carboxylic acids is 1. The fourth-order valence-electron chi connectivity index (χ4n) is 3.05. The summed E-state index contributed by atoms with van der Waals surface area (Å²) in [6, 6.07) is 17.3. The van der Waals surface area contributed by atoms with Crippen molar-refractivity contribution >= 4 is 28.9 Å². The maximum atomic E-state index is 13.4. The Morgan fingerprint density at radius 1 is 0.967 bits per heavy atom. The van der Waals surface area contributed by atoms with E-state index >= 15 is 0 Å². The fourth-order valence-corrected chi connectivity index (χ4v) is 3.05. The van der Waals surface area contributed by atoms with Crippen molar-refractivity contribution in [3.05, 3.63) is 102 Å². The average molecular weight is 404 g/mol. The van der Waals surface area contributed by atoms with Crippen molar-refractivity contribution in [2.75, 3.05) is 10.2 Å². The van der Waals surface area contributed by atoms with Gasteiger partial charge in [0.15, 0.2) is 0 Å². The maximum Gasteiger partial charge on any atom is 0.335 e. The summed E-state index contributed by atoms with van der Waals surface area (Å²) in [6.45, 7) is 7.77. The second kappa shape index (κ2) is 8.61. The molecule has 3 aromatic rings. The number of rotatable bonds is 6. The van der Waals surface area contributed by atoms with Crippen LogP contribution in [0.1, 0.15) is 33.2 Å². The Morgan fingerprint density at radius 2 is 1.57 bits per heavy atom. The first-order chi connectivity index (χ1) is 14.3. The van der Waals surface area contributed by atoms with E-state index in [1.54, 1.807) is 24.3 Å². The molecule has 2 N–H and O–H groups in total. The van der Waals surface area contributed by atoms with E-state index in [2.05, 4.69) is 11.9 Å². The zero-order valence-corrected chi connectivity index (χ0v) is 16.6. The van der Waals surface area contributed by atoms with Crippen LogP contribution in [0.5, 0.6) is 0 Å². The van der Waals surface area contributed by atoms with Gasteiger partial charge in [-0.3, -0.25) is 4.79 Å². The number of nitrogens with zero attached hydrogens (tertiary/aromatic N) is 1. The number of allylic oxidation sites excluding steroid dienone is 1. The predicted molar refractivity (Wildman–Crippen MR) is 116 cm³/mol. The molecule has 0 saturated carbocycles. The Bertz CT molecular complexity index is 1110. The van der Waals surface area contributed by atoms with Gasteiger partial charge in [-0.25, -0.2) is 9.18 Å². The van der Waals surface area contributed by atoms with Gasteiger partial charge in [-0.1, -0.05) is 12.6 Å². The van der Waals surface area contributed by atoms with Crippen LogP contribution in [-0.4, -0.2) is 17.0 Å². The van der Waals surface area contributed by atoms with E-state index in [-0.39, 0.29) is 17.3 Å². The normalized spacial score (nSPS) is 10.4. The summed E-state index contributed by atoms with van der Waals surface area (Å²) >= 11 is 0. The number of aryl methyl sites for hydroxylation is 1. The topological polar surface area (TPSA) is 69.6 Å². The lowest BCUT2D eigenvalue weighted by atomic mass is 10.1. The van der Waals surface area contributed by atoms with Gasteiger partial charge in [-0.05, 0) is 80.1 Å². The summed E-state index contributed by atoms with van der Waals surface area (Å²) in [4.78, 5) is 25.6. The van der Waals surface area contributed by atoms with E-state index in [1.807, 2.05) is 24.8 Å². The zero-order chi connectivity index (χ0) is 21.8. The Labute approximate surface area is 174 Å². The van der Waals surface area contributed by atoms with Crippen molar-refractivity contribution in [1.29, 1.82) is 0 Å². The van der Waals surface area contributed by atoms with E-state index in [1.165, 1.54) is 36.4 Å². The largest absolute Gasteiger partial charge is 0.478 e. The molecule has 5 nitrogen and oxygen atoms in total. The molecule has 0 aliphatic heterocycles. The number of hydrogen-bond donors (Lipinski definition) is 2. The van der Waals surface area contributed by atoms with E-state index < -0.39 is 5.97 Å². The van der Waals surface area contributed by atoms with Crippen LogP contribution < -0.4 is 10.2 Å². The van der Waals surface area contributed by atoms with Crippen LogP contribution in [0.2, 0.25) is 0 Å². The van der Waals surface area contributed by atoms with Gasteiger partial charge in [0.1, 0.15) is 5.82 Å². The van der Waals surface area contributed by atoms with Gasteiger partial charge in [-0.2, -0.15) is 0 Å². The number of benzene rings is 3. The standard InChI is InChI=1S/C24H21FN2O3/c1-15(2)27(21-12-8-19(25)9-13-21)22-14-18(5-4-16(22)3)23(28)26-20-10-6-17(7-11-20)24(29)30/h4-14H,1H2,2-3H3,(H,26,28)(H,29,30). The molecule has 0 spiro atoms. The first-order valence-corrected chi connectivity index (χ1v) is 9.23. The van der Waals surface area contributed by atoms with Crippen LogP contribution in [0.25, 0.3) is 0 Å². The van der Waals surface area contributed by atoms with Gasteiger partial charge in [0.2, 0.25) is 0 Å². The molecule has 3 aromatic carbocycles. The lowest BCUT2D eigenvalue weighted by molar-refractivity contribution is 0.0696. The van der Waals surface area contributed by atoms with Crippen molar-refractivity contribution in [2.45, 2.75) is 13.8 Å². The highest BCUT2D eigenvalue weighted by Gasteiger charge is 2.16. The SMILES string of the molecule is C=C(C)N(c1ccc(F)cc1)c1cc(C(=O)Nc2ccc(C(=O)O)cc2)ccc1C. The van der Waals surface area contributed by atoms with Crippen LogP contribution >= 0.6 is 0 Å². The molecule has 0 radical (unpaired) electrons. The molecule has 152 valence electrons. The van der Waals surface area contributed by atoms with E-state index in [0.717, 1.165) is 16.9 Å². The van der Waals surface area contributed by atoms with Gasteiger partial charge < -0.3 is 15.3 Å². The third-order valence-corrected chi connectivity index (χ3v) is 4.57. The third-order valence-electron chi connectivity index (χ3n) is 4.57. The van der Waals surface area contributed by atoms with Crippen molar-refractivity contribution in [3.8, 4) is 0 Å².